The second-order valence-corrected chi connectivity index (χ2v) is 5.18. The number of likely N-dealkylation sites (tertiary alicyclic amines) is 2. The fourth-order valence-electron chi connectivity index (χ4n) is 2.96. The van der Waals surface area contributed by atoms with Crippen molar-refractivity contribution in [3.05, 3.63) is 0 Å². The third-order valence-electron chi connectivity index (χ3n) is 3.93. The zero-order valence-electron chi connectivity index (χ0n) is 10.9. The Morgan fingerprint density at radius 3 is 2.16 bits per heavy atom. The van der Waals surface area contributed by atoms with Gasteiger partial charge in [-0.2, -0.15) is 0 Å². The van der Waals surface area contributed by atoms with Crippen molar-refractivity contribution in [3.63, 3.8) is 0 Å². The van der Waals surface area contributed by atoms with Crippen LogP contribution in [0.25, 0.3) is 0 Å². The molecule has 0 aliphatic carbocycles. The van der Waals surface area contributed by atoms with E-state index in [1.807, 2.05) is 0 Å². The first-order chi connectivity index (χ1) is 9.00. The summed E-state index contributed by atoms with van der Waals surface area (Å²) in [6.07, 6.45) is 2.97. The molecule has 0 aromatic rings. The number of primary amides is 2. The van der Waals surface area contributed by atoms with Crippen molar-refractivity contribution < 1.29 is 14.4 Å². The van der Waals surface area contributed by atoms with E-state index in [0.29, 0.717) is 25.9 Å². The van der Waals surface area contributed by atoms with Crippen molar-refractivity contribution in [2.24, 2.45) is 11.5 Å². The summed E-state index contributed by atoms with van der Waals surface area (Å²) < 4.78 is 0. The lowest BCUT2D eigenvalue weighted by Gasteiger charge is -2.27. The number of nitrogens with zero attached hydrogens (tertiary/aromatic N) is 2. The summed E-state index contributed by atoms with van der Waals surface area (Å²) in [6.45, 7) is 1.38. The maximum absolute atomic E-state index is 12.2. The number of nitrogens with two attached hydrogens (primary N) is 2. The van der Waals surface area contributed by atoms with Gasteiger partial charge in [-0.3, -0.25) is 19.3 Å². The zero-order valence-corrected chi connectivity index (χ0v) is 10.9. The summed E-state index contributed by atoms with van der Waals surface area (Å²) in [7, 11) is 0. The van der Waals surface area contributed by atoms with Crippen LogP contribution in [-0.2, 0) is 14.4 Å². The minimum Gasteiger partial charge on any atom is -0.368 e. The van der Waals surface area contributed by atoms with Crippen LogP contribution in [0.15, 0.2) is 0 Å². The molecule has 0 radical (unpaired) electrons. The summed E-state index contributed by atoms with van der Waals surface area (Å²) in [4.78, 5) is 38.1. The molecule has 7 nitrogen and oxygen atoms in total. The maximum atomic E-state index is 12.2. The highest BCUT2D eigenvalue weighted by atomic mass is 16.2. The highest BCUT2D eigenvalue weighted by Crippen LogP contribution is 2.20. The number of hydrogen-bond acceptors (Lipinski definition) is 4. The molecule has 2 aliphatic rings. The average Bonchev–Trinajstić information content (AvgIpc) is 2.96. The van der Waals surface area contributed by atoms with Crippen LogP contribution in [0.1, 0.15) is 25.7 Å². The first-order valence-electron chi connectivity index (χ1n) is 6.63. The Kier molecular flexibility index (Phi) is 4.04. The minimum absolute atomic E-state index is 0.136. The molecule has 0 aromatic carbocycles. The van der Waals surface area contributed by atoms with E-state index in [1.54, 1.807) is 4.90 Å². The zero-order chi connectivity index (χ0) is 14.0. The van der Waals surface area contributed by atoms with Crippen molar-refractivity contribution in [2.75, 3.05) is 19.6 Å². The topological polar surface area (TPSA) is 110 Å². The largest absolute Gasteiger partial charge is 0.368 e. The van der Waals surface area contributed by atoms with Gasteiger partial charge in [-0.25, -0.2) is 0 Å². The predicted octanol–water partition coefficient (Wildman–Crippen LogP) is -1.59. The molecule has 2 saturated heterocycles. The Labute approximate surface area is 111 Å². The number of amides is 3. The molecule has 0 aromatic heterocycles. The Morgan fingerprint density at radius 1 is 0.947 bits per heavy atom. The Bertz CT molecular complexity index is 398. The molecule has 19 heavy (non-hydrogen) atoms. The molecule has 2 rings (SSSR count). The minimum atomic E-state index is -0.498. The molecule has 0 unspecified atom stereocenters. The van der Waals surface area contributed by atoms with E-state index < -0.39 is 17.9 Å². The molecule has 2 atom stereocenters. The number of carbonyl (C=O) groups is 3. The third kappa shape index (κ3) is 2.86. The van der Waals surface area contributed by atoms with Gasteiger partial charge in [0.2, 0.25) is 17.7 Å². The Hall–Kier alpha value is -1.63. The van der Waals surface area contributed by atoms with E-state index in [4.69, 9.17) is 11.5 Å². The van der Waals surface area contributed by atoms with E-state index in [-0.39, 0.29) is 18.5 Å². The van der Waals surface area contributed by atoms with Crippen LogP contribution in [0.5, 0.6) is 0 Å². The van der Waals surface area contributed by atoms with Crippen LogP contribution in [-0.4, -0.2) is 59.2 Å². The normalized spacial score (nSPS) is 27.7. The smallest absolute Gasteiger partial charge is 0.240 e. The van der Waals surface area contributed by atoms with Crippen molar-refractivity contribution in [2.45, 2.75) is 37.8 Å². The van der Waals surface area contributed by atoms with Gasteiger partial charge in [0, 0.05) is 6.54 Å². The molecule has 106 valence electrons. The van der Waals surface area contributed by atoms with Crippen molar-refractivity contribution >= 4 is 17.7 Å². The molecule has 0 spiro atoms. The monoisotopic (exact) mass is 268 g/mol. The van der Waals surface area contributed by atoms with Gasteiger partial charge in [0.1, 0.15) is 6.04 Å². The summed E-state index contributed by atoms with van der Waals surface area (Å²) >= 11 is 0. The first-order valence-corrected chi connectivity index (χ1v) is 6.63. The van der Waals surface area contributed by atoms with Gasteiger partial charge in [0.15, 0.2) is 0 Å². The molecule has 2 fully saturated rings. The van der Waals surface area contributed by atoms with E-state index in [1.165, 1.54) is 4.90 Å². The Morgan fingerprint density at radius 2 is 1.53 bits per heavy atom. The summed E-state index contributed by atoms with van der Waals surface area (Å²) in [6, 6.07) is -0.860. The molecule has 0 saturated carbocycles. The van der Waals surface area contributed by atoms with E-state index >= 15 is 0 Å². The van der Waals surface area contributed by atoms with Crippen molar-refractivity contribution in [3.8, 4) is 0 Å². The number of hydrogen-bond donors (Lipinski definition) is 2. The molecule has 0 bridgehead atoms. The third-order valence-corrected chi connectivity index (χ3v) is 3.93. The number of rotatable bonds is 4. The van der Waals surface area contributed by atoms with E-state index in [0.717, 1.165) is 12.8 Å². The van der Waals surface area contributed by atoms with Gasteiger partial charge < -0.3 is 16.4 Å². The first kappa shape index (κ1) is 13.8. The van der Waals surface area contributed by atoms with Crippen molar-refractivity contribution in [1.29, 1.82) is 0 Å². The maximum Gasteiger partial charge on any atom is 0.240 e. The molecular formula is C12H20N4O3. The van der Waals surface area contributed by atoms with Gasteiger partial charge in [-0.1, -0.05) is 0 Å². The van der Waals surface area contributed by atoms with Crippen LogP contribution in [0.4, 0.5) is 0 Å². The average molecular weight is 268 g/mol. The quantitative estimate of drug-likeness (QED) is 0.640. The number of carbonyl (C=O) groups excluding carboxylic acids is 3. The summed E-state index contributed by atoms with van der Waals surface area (Å²) in [5.74, 6) is -0.994. The Balaban J connectivity index is 1.97. The summed E-state index contributed by atoms with van der Waals surface area (Å²) in [5.41, 5.74) is 10.6. The van der Waals surface area contributed by atoms with Crippen molar-refractivity contribution in [1.82, 2.24) is 9.80 Å². The van der Waals surface area contributed by atoms with Crippen LogP contribution >= 0.6 is 0 Å². The van der Waals surface area contributed by atoms with Crippen LogP contribution in [0, 0.1) is 0 Å². The molecular weight excluding hydrogens is 248 g/mol. The van der Waals surface area contributed by atoms with Gasteiger partial charge in [0.25, 0.3) is 0 Å². The van der Waals surface area contributed by atoms with Crippen LogP contribution in [0.2, 0.25) is 0 Å². The van der Waals surface area contributed by atoms with Gasteiger partial charge in [-0.05, 0) is 32.2 Å². The molecule has 2 aliphatic heterocycles. The fourth-order valence-corrected chi connectivity index (χ4v) is 2.96. The second kappa shape index (κ2) is 5.56. The molecule has 7 heteroatoms. The van der Waals surface area contributed by atoms with Gasteiger partial charge >= 0.3 is 0 Å². The van der Waals surface area contributed by atoms with Gasteiger partial charge in [0.05, 0.1) is 12.6 Å². The molecule has 4 N–H and O–H groups in total. The standard InChI is InChI=1S/C12H20N4O3/c13-11(18)8-3-1-5-15(8)7-10(17)16-6-2-4-9(16)12(14)19/h8-9H,1-7H2,(H2,13,18)(H2,14,19)/t8-,9-/m0/s1. The predicted molar refractivity (Wildman–Crippen MR) is 67.7 cm³/mol. The lowest BCUT2D eigenvalue weighted by atomic mass is 10.2. The van der Waals surface area contributed by atoms with E-state index in [2.05, 4.69) is 0 Å². The highest BCUT2D eigenvalue weighted by molar-refractivity contribution is 5.88. The molecule has 2 heterocycles. The lowest BCUT2D eigenvalue weighted by Crippen LogP contribution is -2.50. The van der Waals surface area contributed by atoms with Gasteiger partial charge in [-0.15, -0.1) is 0 Å². The SMILES string of the molecule is NC(=O)[C@@H]1CCCN1CC(=O)N1CCC[C@H]1C(N)=O. The summed E-state index contributed by atoms with van der Waals surface area (Å²) in [5, 5.41) is 0. The highest BCUT2D eigenvalue weighted by Gasteiger charge is 2.36. The lowest BCUT2D eigenvalue weighted by molar-refractivity contribution is -0.139. The van der Waals surface area contributed by atoms with Crippen LogP contribution in [0.3, 0.4) is 0 Å². The molecule has 3 amide bonds. The van der Waals surface area contributed by atoms with Crippen LogP contribution < -0.4 is 11.5 Å². The second-order valence-electron chi connectivity index (χ2n) is 5.18. The fraction of sp³-hybridized carbons (Fsp3) is 0.750. The van der Waals surface area contributed by atoms with E-state index in [9.17, 15) is 14.4 Å².